The molecule has 0 radical (unpaired) electrons. The summed E-state index contributed by atoms with van der Waals surface area (Å²) in [7, 11) is 0. The van der Waals surface area contributed by atoms with Crippen LogP contribution in [0.25, 0.3) is 0 Å². The maximum atomic E-state index is 4.43. The van der Waals surface area contributed by atoms with E-state index in [1.807, 2.05) is 30.3 Å². The van der Waals surface area contributed by atoms with Gasteiger partial charge in [0.15, 0.2) is 11.0 Å². The molecule has 0 saturated carbocycles. The molecule has 1 aromatic heterocycles. The van der Waals surface area contributed by atoms with Gasteiger partial charge in [0, 0.05) is 17.5 Å². The van der Waals surface area contributed by atoms with Crippen LogP contribution in [0.1, 0.15) is 11.1 Å². The maximum Gasteiger partial charge on any atom is 0.184 e. The Morgan fingerprint density at radius 1 is 1.15 bits per heavy atom. The molecule has 100 valence electrons. The van der Waals surface area contributed by atoms with Crippen LogP contribution in [0.3, 0.4) is 0 Å². The van der Waals surface area contributed by atoms with Crippen LogP contribution in [-0.2, 0) is 0 Å². The molecule has 0 fully saturated rings. The molecule has 2 aromatic rings. The maximum absolute atomic E-state index is 4.43. The van der Waals surface area contributed by atoms with Crippen molar-refractivity contribution in [1.82, 2.24) is 10.4 Å². The number of hydrazone groups is 1. The van der Waals surface area contributed by atoms with Gasteiger partial charge in [0.05, 0.1) is 5.71 Å². The summed E-state index contributed by atoms with van der Waals surface area (Å²) in [6.45, 7) is 2.10. The van der Waals surface area contributed by atoms with Crippen molar-refractivity contribution in [2.75, 3.05) is 5.75 Å². The van der Waals surface area contributed by atoms with Crippen LogP contribution in [0.5, 0.6) is 0 Å². The van der Waals surface area contributed by atoms with Crippen LogP contribution in [0, 0.1) is 6.92 Å². The Morgan fingerprint density at radius 2 is 2.00 bits per heavy atom. The van der Waals surface area contributed by atoms with E-state index in [-0.39, 0.29) is 0 Å². The van der Waals surface area contributed by atoms with Crippen molar-refractivity contribution in [3.63, 3.8) is 0 Å². The Hall–Kier alpha value is -2.14. The molecule has 0 aliphatic carbocycles. The van der Waals surface area contributed by atoms with Crippen molar-refractivity contribution >= 4 is 28.5 Å². The van der Waals surface area contributed by atoms with Crippen LogP contribution in [-0.4, -0.2) is 21.6 Å². The van der Waals surface area contributed by atoms with Crippen molar-refractivity contribution < 1.29 is 0 Å². The first-order valence-electron chi connectivity index (χ1n) is 6.34. The third-order valence-corrected chi connectivity index (χ3v) is 3.83. The number of thioether (sulfide) groups is 1. The fourth-order valence-electron chi connectivity index (χ4n) is 1.93. The van der Waals surface area contributed by atoms with Crippen LogP contribution in [0.15, 0.2) is 58.8 Å². The summed E-state index contributed by atoms with van der Waals surface area (Å²) >= 11 is 1.64. The molecule has 0 amide bonds. The van der Waals surface area contributed by atoms with Gasteiger partial charge >= 0.3 is 0 Å². The first kappa shape index (κ1) is 12.9. The molecule has 0 unspecified atom stereocenters. The lowest BCUT2D eigenvalue weighted by Gasteiger charge is -2.15. The quantitative estimate of drug-likeness (QED) is 0.920. The summed E-state index contributed by atoms with van der Waals surface area (Å²) in [6.07, 6.45) is 1.73. The molecule has 3 rings (SSSR count). The Morgan fingerprint density at radius 3 is 2.70 bits per heavy atom. The Balaban J connectivity index is 1.79. The molecule has 0 atom stereocenters. The van der Waals surface area contributed by atoms with Crippen molar-refractivity contribution in [1.29, 1.82) is 0 Å². The average Bonchev–Trinajstić information content (AvgIpc) is 2.50. The largest absolute Gasteiger partial charge is 0.255 e. The SMILES string of the molecule is Cc1ccccc1C1=NN/C(=N/c2ccccn2)SC1. The van der Waals surface area contributed by atoms with Crippen molar-refractivity contribution in [3.05, 3.63) is 59.8 Å². The zero-order valence-corrected chi connectivity index (χ0v) is 11.9. The van der Waals surface area contributed by atoms with Gasteiger partial charge < -0.3 is 0 Å². The fourth-order valence-corrected chi connectivity index (χ4v) is 2.69. The summed E-state index contributed by atoms with van der Waals surface area (Å²) in [5.74, 6) is 1.50. The summed E-state index contributed by atoms with van der Waals surface area (Å²) in [4.78, 5) is 8.59. The number of pyridine rings is 1. The highest BCUT2D eigenvalue weighted by Gasteiger charge is 2.14. The van der Waals surface area contributed by atoms with Crippen LogP contribution in [0.2, 0.25) is 0 Å². The number of rotatable bonds is 2. The second-order valence-corrected chi connectivity index (χ2v) is 5.34. The number of nitrogens with zero attached hydrogens (tertiary/aromatic N) is 3. The zero-order valence-electron chi connectivity index (χ0n) is 11.1. The minimum Gasteiger partial charge on any atom is -0.255 e. The first-order valence-corrected chi connectivity index (χ1v) is 7.32. The number of aliphatic imine (C=N–C) groups is 1. The topological polar surface area (TPSA) is 49.6 Å². The second kappa shape index (κ2) is 5.88. The Labute approximate surface area is 122 Å². The molecule has 1 aromatic carbocycles. The molecule has 1 N–H and O–H groups in total. The number of amidine groups is 1. The number of aryl methyl sites for hydroxylation is 1. The van der Waals surface area contributed by atoms with E-state index in [1.54, 1.807) is 18.0 Å². The van der Waals surface area contributed by atoms with Gasteiger partial charge in [0.2, 0.25) is 0 Å². The minimum absolute atomic E-state index is 0.692. The third kappa shape index (κ3) is 2.88. The van der Waals surface area contributed by atoms with E-state index in [2.05, 4.69) is 39.6 Å². The van der Waals surface area contributed by atoms with Gasteiger partial charge in [-0.3, -0.25) is 5.43 Å². The minimum atomic E-state index is 0.692. The van der Waals surface area contributed by atoms with E-state index >= 15 is 0 Å². The number of hydrogen-bond donors (Lipinski definition) is 1. The molecule has 0 bridgehead atoms. The van der Waals surface area contributed by atoms with E-state index < -0.39 is 0 Å². The van der Waals surface area contributed by atoms with Gasteiger partial charge in [0.25, 0.3) is 0 Å². The smallest absolute Gasteiger partial charge is 0.184 e. The van der Waals surface area contributed by atoms with E-state index in [0.29, 0.717) is 5.82 Å². The average molecular weight is 282 g/mol. The van der Waals surface area contributed by atoms with Crippen molar-refractivity contribution in [3.8, 4) is 0 Å². The van der Waals surface area contributed by atoms with Gasteiger partial charge in [-0.1, -0.05) is 42.1 Å². The second-order valence-electron chi connectivity index (χ2n) is 4.38. The fraction of sp³-hybridized carbons (Fsp3) is 0.133. The molecule has 0 spiro atoms. The molecule has 4 nitrogen and oxygen atoms in total. The summed E-state index contributed by atoms with van der Waals surface area (Å²) in [5.41, 5.74) is 6.47. The molecule has 20 heavy (non-hydrogen) atoms. The van der Waals surface area contributed by atoms with Crippen molar-refractivity contribution in [2.24, 2.45) is 10.1 Å². The molecule has 1 aliphatic heterocycles. The van der Waals surface area contributed by atoms with Gasteiger partial charge in [-0.25, -0.2) is 9.98 Å². The summed E-state index contributed by atoms with van der Waals surface area (Å²) < 4.78 is 0. The zero-order chi connectivity index (χ0) is 13.8. The predicted octanol–water partition coefficient (Wildman–Crippen LogP) is 3.12. The van der Waals surface area contributed by atoms with E-state index in [4.69, 9.17) is 0 Å². The lowest BCUT2D eigenvalue weighted by molar-refractivity contribution is 1.03. The van der Waals surface area contributed by atoms with Gasteiger partial charge in [-0.2, -0.15) is 5.10 Å². The lowest BCUT2D eigenvalue weighted by atomic mass is 10.1. The van der Waals surface area contributed by atoms with E-state index in [1.165, 1.54) is 11.1 Å². The normalized spacial score (nSPS) is 16.6. The predicted molar refractivity (Wildman–Crippen MR) is 84.6 cm³/mol. The monoisotopic (exact) mass is 282 g/mol. The number of hydrogen-bond acceptors (Lipinski definition) is 4. The highest BCUT2D eigenvalue weighted by molar-refractivity contribution is 8.14. The Bertz CT molecular complexity index is 665. The first-order chi connectivity index (χ1) is 9.83. The third-order valence-electron chi connectivity index (χ3n) is 2.95. The molecular formula is C15H14N4S. The van der Waals surface area contributed by atoms with Gasteiger partial charge in [-0.05, 0) is 24.6 Å². The highest BCUT2D eigenvalue weighted by Crippen LogP contribution is 2.18. The van der Waals surface area contributed by atoms with Crippen LogP contribution in [0.4, 0.5) is 5.82 Å². The molecular weight excluding hydrogens is 268 g/mol. The molecule has 5 heteroatoms. The molecule has 1 aliphatic rings. The van der Waals surface area contributed by atoms with E-state index in [9.17, 15) is 0 Å². The van der Waals surface area contributed by atoms with Gasteiger partial charge in [0.1, 0.15) is 0 Å². The van der Waals surface area contributed by atoms with Crippen LogP contribution < -0.4 is 5.43 Å². The lowest BCUT2D eigenvalue weighted by Crippen LogP contribution is -2.25. The molecule has 0 saturated heterocycles. The van der Waals surface area contributed by atoms with Crippen LogP contribution >= 0.6 is 11.8 Å². The number of nitrogens with one attached hydrogen (secondary N) is 1. The molecule has 2 heterocycles. The van der Waals surface area contributed by atoms with Crippen molar-refractivity contribution in [2.45, 2.75) is 6.92 Å². The number of aromatic nitrogens is 1. The van der Waals surface area contributed by atoms with Gasteiger partial charge in [-0.15, -0.1) is 0 Å². The summed E-state index contributed by atoms with van der Waals surface area (Å²) in [5, 5.41) is 5.20. The highest BCUT2D eigenvalue weighted by atomic mass is 32.2. The Kier molecular flexibility index (Phi) is 3.78. The van der Waals surface area contributed by atoms with E-state index in [0.717, 1.165) is 16.6 Å². The number of benzene rings is 1. The standard InChI is InChI=1S/C15H14N4S/c1-11-6-2-3-7-12(11)13-10-20-15(19-18-13)17-14-8-4-5-9-16-14/h2-9H,10H2,1H3,(H,16,17,19). The summed E-state index contributed by atoms with van der Waals surface area (Å²) in [6, 6.07) is 13.9.